The Labute approximate surface area is 112 Å². The van der Waals surface area contributed by atoms with Crippen LogP contribution in [0.15, 0.2) is 6.07 Å². The molecular formula is C13H13F4NO2. The SMILES string of the molecule is COC[C@H](NC(=O)c1c(F)c(F)cc(F)c1F)C1CC1. The summed E-state index contributed by atoms with van der Waals surface area (Å²) in [5.41, 5.74) is -1.25. The van der Waals surface area contributed by atoms with E-state index in [1.165, 1.54) is 7.11 Å². The molecule has 0 unspecified atom stereocenters. The molecule has 0 saturated heterocycles. The maximum absolute atomic E-state index is 13.5. The maximum Gasteiger partial charge on any atom is 0.257 e. The largest absolute Gasteiger partial charge is 0.383 e. The first-order valence-corrected chi connectivity index (χ1v) is 6.08. The first kappa shape index (κ1) is 14.8. The fourth-order valence-electron chi connectivity index (χ4n) is 1.99. The van der Waals surface area contributed by atoms with Crippen LogP contribution in [0.4, 0.5) is 17.6 Å². The van der Waals surface area contributed by atoms with Crippen LogP contribution in [0.1, 0.15) is 23.2 Å². The van der Waals surface area contributed by atoms with Crippen molar-refractivity contribution < 1.29 is 27.1 Å². The highest BCUT2D eigenvalue weighted by Gasteiger charge is 2.34. The molecule has 3 nitrogen and oxygen atoms in total. The molecular weight excluding hydrogens is 278 g/mol. The molecule has 0 spiro atoms. The lowest BCUT2D eigenvalue weighted by Gasteiger charge is -2.17. The van der Waals surface area contributed by atoms with Crippen LogP contribution < -0.4 is 5.32 Å². The molecule has 110 valence electrons. The van der Waals surface area contributed by atoms with Gasteiger partial charge in [0.2, 0.25) is 0 Å². The van der Waals surface area contributed by atoms with Gasteiger partial charge in [0.05, 0.1) is 12.6 Å². The zero-order valence-corrected chi connectivity index (χ0v) is 10.7. The highest BCUT2D eigenvalue weighted by atomic mass is 19.2. The highest BCUT2D eigenvalue weighted by Crippen LogP contribution is 2.33. The Kier molecular flexibility index (Phi) is 4.27. The Morgan fingerprint density at radius 1 is 1.30 bits per heavy atom. The van der Waals surface area contributed by atoms with Gasteiger partial charge in [0.25, 0.3) is 5.91 Å². The zero-order valence-electron chi connectivity index (χ0n) is 10.7. The van der Waals surface area contributed by atoms with Crippen LogP contribution in [-0.4, -0.2) is 25.7 Å². The average Bonchev–Trinajstić information content (AvgIpc) is 3.20. The average molecular weight is 291 g/mol. The van der Waals surface area contributed by atoms with Crippen LogP contribution in [0.25, 0.3) is 0 Å². The van der Waals surface area contributed by atoms with Crippen molar-refractivity contribution in [2.24, 2.45) is 5.92 Å². The van der Waals surface area contributed by atoms with E-state index in [0.29, 0.717) is 0 Å². The Balaban J connectivity index is 2.24. The lowest BCUT2D eigenvalue weighted by molar-refractivity contribution is 0.0873. The molecule has 1 amide bonds. The van der Waals surface area contributed by atoms with Crippen molar-refractivity contribution in [3.63, 3.8) is 0 Å². The molecule has 1 aromatic rings. The standard InChI is InChI=1S/C13H13F4NO2/c1-20-5-9(6-2-3-6)18-13(19)10-11(16)7(14)4-8(15)12(10)17/h4,6,9H,2-3,5H2,1H3,(H,18,19)/t9-/m0/s1. The third-order valence-corrected chi connectivity index (χ3v) is 3.19. The number of carbonyl (C=O) groups excluding carboxylic acids is 1. The molecule has 7 heteroatoms. The van der Waals surface area contributed by atoms with Crippen molar-refractivity contribution in [2.45, 2.75) is 18.9 Å². The van der Waals surface area contributed by atoms with Crippen molar-refractivity contribution >= 4 is 5.91 Å². The number of amides is 1. The molecule has 1 N–H and O–H groups in total. The van der Waals surface area contributed by atoms with Crippen LogP contribution >= 0.6 is 0 Å². The number of halogens is 4. The molecule has 1 aliphatic rings. The van der Waals surface area contributed by atoms with Gasteiger partial charge in [-0.25, -0.2) is 17.6 Å². The topological polar surface area (TPSA) is 38.3 Å². The Morgan fingerprint density at radius 2 is 1.85 bits per heavy atom. The van der Waals surface area contributed by atoms with Gasteiger partial charge in [-0.3, -0.25) is 4.79 Å². The van der Waals surface area contributed by atoms with Gasteiger partial charge in [-0.2, -0.15) is 0 Å². The molecule has 1 aliphatic carbocycles. The minimum atomic E-state index is -1.70. The number of carbonyl (C=O) groups is 1. The van der Waals surface area contributed by atoms with Crippen molar-refractivity contribution in [2.75, 3.05) is 13.7 Å². The minimum absolute atomic E-state index is 0.0645. The second-order valence-corrected chi connectivity index (χ2v) is 4.72. The number of hydrogen-bond acceptors (Lipinski definition) is 2. The molecule has 2 rings (SSSR count). The summed E-state index contributed by atoms with van der Waals surface area (Å²) < 4.78 is 57.9. The van der Waals surface area contributed by atoms with E-state index in [9.17, 15) is 22.4 Å². The van der Waals surface area contributed by atoms with Gasteiger partial charge in [-0.05, 0) is 18.8 Å². The van der Waals surface area contributed by atoms with Crippen molar-refractivity contribution in [1.29, 1.82) is 0 Å². The van der Waals surface area contributed by atoms with Gasteiger partial charge >= 0.3 is 0 Å². The zero-order chi connectivity index (χ0) is 14.9. The second-order valence-electron chi connectivity index (χ2n) is 4.72. The predicted octanol–water partition coefficient (Wildman–Crippen LogP) is 2.40. The van der Waals surface area contributed by atoms with E-state index in [1.807, 2.05) is 0 Å². The van der Waals surface area contributed by atoms with E-state index in [2.05, 4.69) is 5.32 Å². The maximum atomic E-state index is 13.5. The molecule has 0 bridgehead atoms. The van der Waals surface area contributed by atoms with E-state index in [1.54, 1.807) is 0 Å². The third kappa shape index (κ3) is 2.92. The monoisotopic (exact) mass is 291 g/mol. The Hall–Kier alpha value is -1.63. The molecule has 1 atom stereocenters. The van der Waals surface area contributed by atoms with E-state index >= 15 is 0 Å². The number of rotatable bonds is 5. The third-order valence-electron chi connectivity index (χ3n) is 3.19. The normalized spacial score (nSPS) is 16.1. The van der Waals surface area contributed by atoms with Crippen LogP contribution in [0.5, 0.6) is 0 Å². The summed E-state index contributed by atoms with van der Waals surface area (Å²) >= 11 is 0. The quantitative estimate of drug-likeness (QED) is 0.668. The van der Waals surface area contributed by atoms with Crippen molar-refractivity contribution in [3.05, 3.63) is 34.9 Å². The van der Waals surface area contributed by atoms with Crippen LogP contribution in [0.3, 0.4) is 0 Å². The Morgan fingerprint density at radius 3 is 2.30 bits per heavy atom. The summed E-state index contributed by atoms with van der Waals surface area (Å²) in [6, 6.07) is -0.368. The van der Waals surface area contributed by atoms with E-state index in [0.717, 1.165) is 12.8 Å². The van der Waals surface area contributed by atoms with Crippen molar-refractivity contribution in [1.82, 2.24) is 5.32 Å². The van der Waals surface area contributed by atoms with Crippen LogP contribution in [0.2, 0.25) is 0 Å². The highest BCUT2D eigenvalue weighted by molar-refractivity contribution is 5.95. The molecule has 0 aromatic heterocycles. The lowest BCUT2D eigenvalue weighted by atomic mass is 10.1. The van der Waals surface area contributed by atoms with Gasteiger partial charge in [0.15, 0.2) is 23.3 Å². The lowest BCUT2D eigenvalue weighted by Crippen LogP contribution is -2.40. The van der Waals surface area contributed by atoms with Gasteiger partial charge in [-0.15, -0.1) is 0 Å². The summed E-state index contributed by atoms with van der Waals surface area (Å²) in [5.74, 6) is -7.65. The molecule has 0 radical (unpaired) electrons. The second kappa shape index (κ2) is 5.78. The van der Waals surface area contributed by atoms with Gasteiger partial charge < -0.3 is 10.1 Å². The smallest absolute Gasteiger partial charge is 0.257 e. The molecule has 0 aliphatic heterocycles. The molecule has 0 heterocycles. The molecule has 1 saturated carbocycles. The fourth-order valence-corrected chi connectivity index (χ4v) is 1.99. The molecule has 1 aromatic carbocycles. The fraction of sp³-hybridized carbons (Fsp3) is 0.462. The van der Waals surface area contributed by atoms with Crippen LogP contribution in [0, 0.1) is 29.2 Å². The number of benzene rings is 1. The summed E-state index contributed by atoms with van der Waals surface area (Å²) in [4.78, 5) is 11.8. The molecule has 20 heavy (non-hydrogen) atoms. The number of ether oxygens (including phenoxy) is 1. The van der Waals surface area contributed by atoms with Crippen molar-refractivity contribution in [3.8, 4) is 0 Å². The van der Waals surface area contributed by atoms with E-state index in [-0.39, 0.29) is 18.6 Å². The van der Waals surface area contributed by atoms with Gasteiger partial charge in [-0.1, -0.05) is 0 Å². The first-order chi connectivity index (χ1) is 9.45. The van der Waals surface area contributed by atoms with Crippen LogP contribution in [-0.2, 0) is 4.74 Å². The first-order valence-electron chi connectivity index (χ1n) is 6.08. The number of nitrogens with one attached hydrogen (secondary N) is 1. The van der Waals surface area contributed by atoms with E-state index in [4.69, 9.17) is 4.74 Å². The van der Waals surface area contributed by atoms with Gasteiger partial charge in [0.1, 0.15) is 5.56 Å². The summed E-state index contributed by atoms with van der Waals surface area (Å²) in [6.07, 6.45) is 1.72. The van der Waals surface area contributed by atoms with E-state index < -0.39 is 40.8 Å². The summed E-state index contributed by atoms with van der Waals surface area (Å²) in [5, 5.41) is 2.36. The summed E-state index contributed by atoms with van der Waals surface area (Å²) in [6.45, 7) is 0.164. The summed E-state index contributed by atoms with van der Waals surface area (Å²) in [7, 11) is 1.42. The predicted molar refractivity (Wildman–Crippen MR) is 62.1 cm³/mol. The Bertz CT molecular complexity index is 505. The number of methoxy groups -OCH3 is 1. The minimum Gasteiger partial charge on any atom is -0.383 e. The van der Waals surface area contributed by atoms with Gasteiger partial charge in [0, 0.05) is 13.2 Å². The number of hydrogen-bond donors (Lipinski definition) is 1. The molecule has 1 fully saturated rings.